The van der Waals surface area contributed by atoms with E-state index < -0.39 is 39.3 Å². The lowest BCUT2D eigenvalue weighted by atomic mass is 9.35. The van der Waals surface area contributed by atoms with Gasteiger partial charge in [0.25, 0.3) is 0 Å². The van der Waals surface area contributed by atoms with Crippen molar-refractivity contribution in [1.29, 1.82) is 0 Å². The van der Waals surface area contributed by atoms with Gasteiger partial charge in [-0.25, -0.2) is 0 Å². The molecule has 1 saturated carbocycles. The summed E-state index contributed by atoms with van der Waals surface area (Å²) in [7, 11) is 0. The summed E-state index contributed by atoms with van der Waals surface area (Å²) in [5, 5.41) is 13.0. The van der Waals surface area contributed by atoms with Crippen molar-refractivity contribution in [3.63, 3.8) is 0 Å². The van der Waals surface area contributed by atoms with E-state index in [1.807, 2.05) is 74.5 Å². The Bertz CT molecular complexity index is 1180. The second-order valence-corrected chi connectivity index (χ2v) is 14.2. The maximum atomic E-state index is 15.1. The third-order valence-electron chi connectivity index (χ3n) is 9.92. The van der Waals surface area contributed by atoms with Gasteiger partial charge in [0, 0.05) is 12.3 Å². The average Bonchev–Trinajstić information content (AvgIpc) is 3.17. The molecule has 2 saturated heterocycles. The van der Waals surface area contributed by atoms with Gasteiger partial charge in [0.15, 0.2) is 28.4 Å². The third-order valence-corrected chi connectivity index (χ3v) is 9.92. The summed E-state index contributed by atoms with van der Waals surface area (Å²) in [5.41, 5.74) is -1.80. The Morgan fingerprint density at radius 1 is 0.875 bits per heavy atom. The molecule has 1 N–H and O–H groups in total. The minimum atomic E-state index is -2.22. The number of hydrogen-bond acceptors (Lipinski definition) is 5. The van der Waals surface area contributed by atoms with E-state index in [9.17, 15) is 14.7 Å². The van der Waals surface area contributed by atoms with Crippen molar-refractivity contribution < 1.29 is 24.2 Å². The molecule has 0 unspecified atom stereocenters. The molecule has 1 aliphatic carbocycles. The zero-order valence-electron chi connectivity index (χ0n) is 26.8. The van der Waals surface area contributed by atoms with E-state index in [-0.39, 0.29) is 30.3 Å². The van der Waals surface area contributed by atoms with Crippen molar-refractivity contribution in [3.8, 4) is 0 Å². The van der Waals surface area contributed by atoms with E-state index in [1.165, 1.54) is 0 Å². The molecule has 6 atom stereocenters. The summed E-state index contributed by atoms with van der Waals surface area (Å²) in [6.07, 6.45) is 10.5. The predicted molar refractivity (Wildman–Crippen MR) is 161 cm³/mol. The van der Waals surface area contributed by atoms with E-state index in [0.717, 1.165) is 22.3 Å². The van der Waals surface area contributed by atoms with Gasteiger partial charge < -0.3 is 9.84 Å². The van der Waals surface area contributed by atoms with Gasteiger partial charge >= 0.3 is 0 Å². The first-order chi connectivity index (χ1) is 18.4. The van der Waals surface area contributed by atoms with Crippen molar-refractivity contribution in [2.45, 2.75) is 126 Å². The normalized spacial score (nSPS) is 36.0. The highest BCUT2D eigenvalue weighted by molar-refractivity contribution is 6.28. The summed E-state index contributed by atoms with van der Waals surface area (Å²) in [4.78, 5) is 44.5. The summed E-state index contributed by atoms with van der Waals surface area (Å²) >= 11 is 0. The van der Waals surface area contributed by atoms with Crippen LogP contribution >= 0.6 is 0 Å². The van der Waals surface area contributed by atoms with Gasteiger partial charge in [0.1, 0.15) is 0 Å². The van der Waals surface area contributed by atoms with Crippen molar-refractivity contribution >= 4 is 17.3 Å². The fourth-order valence-corrected chi connectivity index (χ4v) is 7.84. The molecule has 3 aliphatic rings. The number of aliphatic hydroxyl groups is 1. The Kier molecular flexibility index (Phi) is 8.87. The quantitative estimate of drug-likeness (QED) is 0.210. The topological polar surface area (TPSA) is 80.7 Å². The zero-order valence-corrected chi connectivity index (χ0v) is 26.8. The van der Waals surface area contributed by atoms with Crippen molar-refractivity contribution in [2.75, 3.05) is 0 Å². The van der Waals surface area contributed by atoms with Crippen LogP contribution < -0.4 is 0 Å². The number of ketones is 3. The number of fused-ring (bicyclic) bond motifs is 1. The number of carbonyl (C=O) groups is 3. The summed E-state index contributed by atoms with van der Waals surface area (Å²) in [6.45, 7) is 21.5. The standard InChI is InChI=1S/C35H52O5/c1-22(2)13-12-18-31(11)27(15-14-23(3)4)21-32(19-16-24(5)6)29(37)33(20-17-25(7)8)30(38)34(31,28(36)26(9)10)35(32,39)40-33/h13-14,16-17,26-27,39H,12,15,18-21H2,1-11H3/t27-,31+,32+,33-,34-,35+/m0/s1. The molecule has 3 rings (SSSR count). The van der Waals surface area contributed by atoms with Crippen LogP contribution in [0.25, 0.3) is 0 Å². The number of Topliss-reactive ketones (excluding diaryl/α,β-unsaturated/α-hetero) is 3. The monoisotopic (exact) mass is 552 g/mol. The molecular weight excluding hydrogens is 500 g/mol. The van der Waals surface area contributed by atoms with E-state index >= 15 is 4.79 Å². The molecule has 0 spiro atoms. The first-order valence-electron chi connectivity index (χ1n) is 15.0. The van der Waals surface area contributed by atoms with Crippen LogP contribution in [0.3, 0.4) is 0 Å². The van der Waals surface area contributed by atoms with Crippen LogP contribution in [0.4, 0.5) is 0 Å². The molecule has 2 bridgehead atoms. The Morgan fingerprint density at radius 2 is 1.40 bits per heavy atom. The summed E-state index contributed by atoms with van der Waals surface area (Å²) in [6, 6.07) is 0. The second kappa shape index (κ2) is 10.9. The van der Waals surface area contributed by atoms with E-state index in [1.54, 1.807) is 13.8 Å². The van der Waals surface area contributed by atoms with Crippen LogP contribution in [0.5, 0.6) is 0 Å². The number of carbonyl (C=O) groups excluding carboxylic acids is 3. The van der Waals surface area contributed by atoms with Crippen molar-refractivity contribution in [1.82, 2.24) is 0 Å². The zero-order chi connectivity index (χ0) is 30.5. The Labute approximate surface area is 242 Å². The lowest BCUT2D eigenvalue weighted by molar-refractivity contribution is -0.317. The predicted octanol–water partition coefficient (Wildman–Crippen LogP) is 7.64. The lowest BCUT2D eigenvalue weighted by Gasteiger charge is -2.64. The van der Waals surface area contributed by atoms with Gasteiger partial charge in [0.05, 0.1) is 5.41 Å². The number of hydrogen-bond donors (Lipinski definition) is 1. The molecule has 5 heteroatoms. The van der Waals surface area contributed by atoms with Crippen LogP contribution in [0.15, 0.2) is 46.6 Å². The van der Waals surface area contributed by atoms with Crippen molar-refractivity contribution in [2.24, 2.45) is 28.1 Å². The fraction of sp³-hybridized carbons (Fsp3) is 0.686. The maximum Gasteiger partial charge on any atom is 0.201 e. The molecule has 222 valence electrons. The smallest absolute Gasteiger partial charge is 0.201 e. The summed E-state index contributed by atoms with van der Waals surface area (Å²) < 4.78 is 6.53. The van der Waals surface area contributed by atoms with Crippen LogP contribution in [-0.2, 0) is 19.1 Å². The SMILES string of the molecule is CC(C)=CCC[C@]1(C)[C@@H](CC=C(C)C)C[C@]2(CC=C(C)C)C(=O)[C@]3(CC=C(C)C)O[C@@]2(O)[C@@]1(C(=O)C(C)C)C3=O. The third kappa shape index (κ3) is 4.38. The fourth-order valence-electron chi connectivity index (χ4n) is 7.84. The molecule has 40 heavy (non-hydrogen) atoms. The van der Waals surface area contributed by atoms with Crippen LogP contribution in [0, 0.1) is 28.1 Å². The minimum absolute atomic E-state index is 0.0295. The highest BCUT2D eigenvalue weighted by atomic mass is 16.7. The lowest BCUT2D eigenvalue weighted by Crippen LogP contribution is -2.78. The molecule has 2 aliphatic heterocycles. The Balaban J connectivity index is 2.48. The number of ether oxygens (including phenoxy) is 1. The maximum absolute atomic E-state index is 15.1. The van der Waals surface area contributed by atoms with E-state index in [0.29, 0.717) is 25.7 Å². The van der Waals surface area contributed by atoms with Gasteiger partial charge in [-0.05, 0) is 98.8 Å². The number of allylic oxidation sites excluding steroid dienone is 7. The second-order valence-electron chi connectivity index (χ2n) is 14.2. The first-order valence-corrected chi connectivity index (χ1v) is 15.0. The Morgan fingerprint density at radius 3 is 1.90 bits per heavy atom. The Hall–Kier alpha value is -2.11. The first kappa shape index (κ1) is 32.4. The van der Waals surface area contributed by atoms with Gasteiger partial charge in [-0.2, -0.15) is 0 Å². The molecule has 3 fully saturated rings. The molecule has 0 aromatic carbocycles. The van der Waals surface area contributed by atoms with Gasteiger partial charge in [-0.3, -0.25) is 14.4 Å². The van der Waals surface area contributed by atoms with Crippen LogP contribution in [0.1, 0.15) is 115 Å². The number of rotatable bonds is 11. The van der Waals surface area contributed by atoms with Crippen LogP contribution in [-0.4, -0.2) is 33.8 Å². The van der Waals surface area contributed by atoms with Gasteiger partial charge in [-0.15, -0.1) is 0 Å². The highest BCUT2D eigenvalue weighted by Gasteiger charge is 2.94. The van der Waals surface area contributed by atoms with E-state index in [4.69, 9.17) is 4.74 Å². The molecule has 0 amide bonds. The molecule has 5 nitrogen and oxygen atoms in total. The summed E-state index contributed by atoms with van der Waals surface area (Å²) in [5.74, 6) is -4.13. The highest BCUT2D eigenvalue weighted by Crippen LogP contribution is 2.78. The minimum Gasteiger partial charge on any atom is -0.363 e. The molecular formula is C35H52O5. The molecule has 0 aromatic rings. The molecule has 0 radical (unpaired) electrons. The van der Waals surface area contributed by atoms with Crippen LogP contribution in [0.2, 0.25) is 0 Å². The van der Waals surface area contributed by atoms with Crippen molar-refractivity contribution in [3.05, 3.63) is 46.6 Å². The van der Waals surface area contributed by atoms with E-state index in [2.05, 4.69) is 12.2 Å². The average molecular weight is 553 g/mol. The van der Waals surface area contributed by atoms with Gasteiger partial charge in [0.2, 0.25) is 5.79 Å². The van der Waals surface area contributed by atoms with Gasteiger partial charge in [-0.1, -0.05) is 67.4 Å². The molecule has 0 aromatic heterocycles. The largest absolute Gasteiger partial charge is 0.363 e. The molecule has 2 heterocycles.